The van der Waals surface area contributed by atoms with Crippen LogP contribution in [0.4, 0.5) is 0 Å². The minimum atomic E-state index is 0. The minimum Gasteiger partial charge on any atom is -0.344 e. The van der Waals surface area contributed by atoms with E-state index in [2.05, 4.69) is 6.92 Å². The van der Waals surface area contributed by atoms with E-state index in [1.54, 1.807) is 0 Å². The van der Waals surface area contributed by atoms with E-state index in [9.17, 15) is 0 Å². The standard InChI is InChI=1S/C7H15N.H3N/c1-6-4-2-3-5-7(6)8;/h6-7H,2-5,8H2,1H3;1H3. The normalized spacial score (nSPS) is 35.3. The molecule has 2 heteroatoms. The summed E-state index contributed by atoms with van der Waals surface area (Å²) in [5.41, 5.74) is 5.78. The molecule has 2 nitrogen and oxygen atoms in total. The third-order valence-electron chi connectivity index (χ3n) is 2.18. The van der Waals surface area contributed by atoms with Gasteiger partial charge in [0.1, 0.15) is 0 Å². The molecule has 2 unspecified atom stereocenters. The SMILES string of the molecule is CC1CCCCC1N.N. The second kappa shape index (κ2) is 3.85. The Morgan fingerprint density at radius 2 is 1.78 bits per heavy atom. The lowest BCUT2D eigenvalue weighted by Gasteiger charge is -2.24. The molecule has 2 atom stereocenters. The minimum absolute atomic E-state index is 0. The van der Waals surface area contributed by atoms with Gasteiger partial charge in [-0.25, -0.2) is 0 Å². The van der Waals surface area contributed by atoms with Crippen molar-refractivity contribution in [2.75, 3.05) is 0 Å². The topological polar surface area (TPSA) is 61.0 Å². The van der Waals surface area contributed by atoms with E-state index in [4.69, 9.17) is 5.73 Å². The van der Waals surface area contributed by atoms with Crippen LogP contribution in [0.3, 0.4) is 0 Å². The van der Waals surface area contributed by atoms with Gasteiger partial charge in [-0.1, -0.05) is 19.8 Å². The molecule has 0 saturated heterocycles. The molecule has 9 heavy (non-hydrogen) atoms. The van der Waals surface area contributed by atoms with E-state index in [1.165, 1.54) is 25.7 Å². The Morgan fingerprint density at radius 3 is 2.11 bits per heavy atom. The lowest BCUT2D eigenvalue weighted by atomic mass is 9.87. The summed E-state index contributed by atoms with van der Waals surface area (Å²) in [5.74, 6) is 0.781. The molecule has 1 rings (SSSR count). The maximum Gasteiger partial charge on any atom is 0.00645 e. The Morgan fingerprint density at radius 1 is 1.22 bits per heavy atom. The van der Waals surface area contributed by atoms with Crippen LogP contribution in [0.25, 0.3) is 0 Å². The van der Waals surface area contributed by atoms with Crippen LogP contribution in [0.1, 0.15) is 32.6 Å². The molecule has 0 aliphatic heterocycles. The van der Waals surface area contributed by atoms with Crippen LogP contribution in [0.15, 0.2) is 0 Å². The Labute approximate surface area is 57.4 Å². The van der Waals surface area contributed by atoms with E-state index < -0.39 is 0 Å². The lowest BCUT2D eigenvalue weighted by Crippen LogP contribution is -2.30. The molecular weight excluding hydrogens is 112 g/mol. The lowest BCUT2D eigenvalue weighted by molar-refractivity contribution is 0.331. The molecule has 1 fully saturated rings. The summed E-state index contributed by atoms with van der Waals surface area (Å²) in [6.45, 7) is 2.25. The third-order valence-corrected chi connectivity index (χ3v) is 2.18. The van der Waals surface area contributed by atoms with Crippen LogP contribution in [-0.2, 0) is 0 Å². The summed E-state index contributed by atoms with van der Waals surface area (Å²) >= 11 is 0. The van der Waals surface area contributed by atoms with Crippen LogP contribution in [0, 0.1) is 5.92 Å². The van der Waals surface area contributed by atoms with Crippen molar-refractivity contribution in [2.24, 2.45) is 11.7 Å². The summed E-state index contributed by atoms with van der Waals surface area (Å²) < 4.78 is 0. The first-order valence-corrected chi connectivity index (χ1v) is 3.56. The first-order valence-electron chi connectivity index (χ1n) is 3.56. The van der Waals surface area contributed by atoms with E-state index in [0.717, 1.165) is 5.92 Å². The van der Waals surface area contributed by atoms with Crippen LogP contribution in [-0.4, -0.2) is 6.04 Å². The zero-order valence-corrected chi connectivity index (χ0v) is 6.27. The zero-order valence-electron chi connectivity index (χ0n) is 6.27. The molecule has 0 aromatic heterocycles. The van der Waals surface area contributed by atoms with Crippen molar-refractivity contribution in [1.82, 2.24) is 6.15 Å². The van der Waals surface area contributed by atoms with Crippen molar-refractivity contribution in [3.05, 3.63) is 0 Å². The van der Waals surface area contributed by atoms with Crippen LogP contribution in [0.5, 0.6) is 0 Å². The first kappa shape index (κ1) is 8.92. The van der Waals surface area contributed by atoms with Gasteiger partial charge in [0, 0.05) is 6.04 Å². The van der Waals surface area contributed by atoms with Crippen molar-refractivity contribution in [2.45, 2.75) is 38.6 Å². The molecule has 5 N–H and O–H groups in total. The summed E-state index contributed by atoms with van der Waals surface area (Å²) in [6, 6.07) is 0.503. The smallest absolute Gasteiger partial charge is 0.00645 e. The highest BCUT2D eigenvalue weighted by atomic mass is 14.6. The van der Waals surface area contributed by atoms with E-state index in [1.807, 2.05) is 0 Å². The fourth-order valence-corrected chi connectivity index (χ4v) is 1.34. The highest BCUT2D eigenvalue weighted by Crippen LogP contribution is 2.21. The van der Waals surface area contributed by atoms with Gasteiger partial charge in [0.15, 0.2) is 0 Å². The molecule has 0 heterocycles. The highest BCUT2D eigenvalue weighted by molar-refractivity contribution is 4.73. The van der Waals surface area contributed by atoms with Crippen LogP contribution < -0.4 is 11.9 Å². The van der Waals surface area contributed by atoms with Gasteiger partial charge < -0.3 is 11.9 Å². The van der Waals surface area contributed by atoms with Crippen molar-refractivity contribution in [3.63, 3.8) is 0 Å². The van der Waals surface area contributed by atoms with Crippen molar-refractivity contribution < 1.29 is 0 Å². The van der Waals surface area contributed by atoms with Gasteiger partial charge in [-0.05, 0) is 18.8 Å². The third kappa shape index (κ3) is 2.33. The zero-order chi connectivity index (χ0) is 5.98. The van der Waals surface area contributed by atoms with Crippen LogP contribution in [0.2, 0.25) is 0 Å². The second-order valence-electron chi connectivity index (χ2n) is 2.93. The van der Waals surface area contributed by atoms with Gasteiger partial charge >= 0.3 is 0 Å². The summed E-state index contributed by atoms with van der Waals surface area (Å²) in [6.07, 6.45) is 5.35. The van der Waals surface area contributed by atoms with Gasteiger partial charge in [-0.2, -0.15) is 0 Å². The molecule has 0 aromatic carbocycles. The molecule has 0 bridgehead atoms. The molecule has 0 amide bonds. The molecule has 1 aliphatic carbocycles. The Balaban J connectivity index is 0.000000640. The predicted octanol–water partition coefficient (Wildman–Crippen LogP) is 1.69. The molecule has 0 aromatic rings. The average Bonchev–Trinajstić information content (AvgIpc) is 1.77. The van der Waals surface area contributed by atoms with Gasteiger partial charge in [0.25, 0.3) is 0 Å². The number of hydrogen-bond donors (Lipinski definition) is 2. The Kier molecular flexibility index (Phi) is 3.82. The maximum atomic E-state index is 5.78. The van der Waals surface area contributed by atoms with Crippen LogP contribution >= 0.6 is 0 Å². The fraction of sp³-hybridized carbons (Fsp3) is 1.00. The summed E-state index contributed by atoms with van der Waals surface area (Å²) in [5, 5.41) is 0. The predicted molar refractivity (Wildman–Crippen MR) is 40.6 cm³/mol. The molecule has 0 radical (unpaired) electrons. The number of nitrogens with two attached hydrogens (primary N) is 1. The Bertz CT molecular complexity index is 63.3. The fourth-order valence-electron chi connectivity index (χ4n) is 1.34. The van der Waals surface area contributed by atoms with E-state index in [0.29, 0.717) is 6.04 Å². The Hall–Kier alpha value is -0.0800. The molecular formula is C7H18N2. The average molecular weight is 130 g/mol. The van der Waals surface area contributed by atoms with Gasteiger partial charge in [-0.15, -0.1) is 0 Å². The van der Waals surface area contributed by atoms with Crippen molar-refractivity contribution in [1.29, 1.82) is 0 Å². The quantitative estimate of drug-likeness (QED) is 0.524. The van der Waals surface area contributed by atoms with Crippen molar-refractivity contribution >= 4 is 0 Å². The van der Waals surface area contributed by atoms with Crippen molar-refractivity contribution in [3.8, 4) is 0 Å². The molecule has 0 spiro atoms. The largest absolute Gasteiger partial charge is 0.344 e. The molecule has 56 valence electrons. The second-order valence-corrected chi connectivity index (χ2v) is 2.93. The molecule has 1 saturated carbocycles. The monoisotopic (exact) mass is 130 g/mol. The summed E-state index contributed by atoms with van der Waals surface area (Å²) in [4.78, 5) is 0. The van der Waals surface area contributed by atoms with Gasteiger partial charge in [0.05, 0.1) is 0 Å². The van der Waals surface area contributed by atoms with Gasteiger partial charge in [-0.3, -0.25) is 0 Å². The molecule has 1 aliphatic rings. The highest BCUT2D eigenvalue weighted by Gasteiger charge is 2.15. The maximum absolute atomic E-state index is 5.78. The number of rotatable bonds is 0. The first-order chi connectivity index (χ1) is 3.80. The summed E-state index contributed by atoms with van der Waals surface area (Å²) in [7, 11) is 0. The van der Waals surface area contributed by atoms with Gasteiger partial charge in [0.2, 0.25) is 0 Å². The van der Waals surface area contributed by atoms with E-state index in [-0.39, 0.29) is 6.15 Å². The van der Waals surface area contributed by atoms with E-state index >= 15 is 0 Å². The number of hydrogen-bond acceptors (Lipinski definition) is 2.